The van der Waals surface area contributed by atoms with Gasteiger partial charge in [0.2, 0.25) is 0 Å². The van der Waals surface area contributed by atoms with E-state index in [2.05, 4.69) is 11.9 Å². The number of ether oxygens (including phenoxy) is 1. The first-order valence-corrected chi connectivity index (χ1v) is 7.92. The summed E-state index contributed by atoms with van der Waals surface area (Å²) in [5, 5.41) is 10.0. The Labute approximate surface area is 154 Å². The average Bonchev–Trinajstić information content (AvgIpc) is 2.92. The Hall–Kier alpha value is -3.68. The largest absolute Gasteiger partial charge is 0.477 e. The highest BCUT2D eigenvalue weighted by atomic mass is 16.5. The number of primary amides is 1. The Morgan fingerprint density at radius 3 is 2.48 bits per heavy atom. The molecule has 2 heterocycles. The minimum absolute atomic E-state index is 0.00792. The van der Waals surface area contributed by atoms with Crippen LogP contribution in [0.1, 0.15) is 27.8 Å². The van der Waals surface area contributed by atoms with Crippen LogP contribution in [0.3, 0.4) is 0 Å². The number of fused-ring (bicyclic) bond motifs is 1. The van der Waals surface area contributed by atoms with E-state index in [9.17, 15) is 19.5 Å². The number of carboxylic acids is 1. The molecule has 137 valence electrons. The van der Waals surface area contributed by atoms with E-state index in [1.54, 1.807) is 36.4 Å². The molecule has 0 fully saturated rings. The van der Waals surface area contributed by atoms with Gasteiger partial charge in [0.15, 0.2) is 0 Å². The summed E-state index contributed by atoms with van der Waals surface area (Å²) in [5.74, 6) is -3.05. The van der Waals surface area contributed by atoms with Gasteiger partial charge in [-0.1, -0.05) is 12.1 Å². The molecule has 27 heavy (non-hydrogen) atoms. The maximum absolute atomic E-state index is 12.3. The van der Waals surface area contributed by atoms with Crippen molar-refractivity contribution in [3.05, 3.63) is 66.3 Å². The van der Waals surface area contributed by atoms with Crippen LogP contribution in [0.5, 0.6) is 5.75 Å². The number of rotatable bonds is 6. The highest BCUT2D eigenvalue weighted by Gasteiger charge is 2.31. The Morgan fingerprint density at radius 2 is 1.89 bits per heavy atom. The first-order valence-electron chi connectivity index (χ1n) is 7.92. The number of amides is 1. The van der Waals surface area contributed by atoms with Gasteiger partial charge < -0.3 is 15.6 Å². The first-order chi connectivity index (χ1) is 12.8. The van der Waals surface area contributed by atoms with Gasteiger partial charge in [-0.3, -0.25) is 14.2 Å². The number of benzene rings is 1. The predicted octanol–water partition coefficient (Wildman–Crippen LogP) is 1.86. The van der Waals surface area contributed by atoms with Crippen molar-refractivity contribution < 1.29 is 24.2 Å². The van der Waals surface area contributed by atoms with Gasteiger partial charge in [0, 0.05) is 17.3 Å². The van der Waals surface area contributed by atoms with Crippen molar-refractivity contribution in [1.82, 2.24) is 9.55 Å². The standard InChI is InChI=1S/C19H16N3O5/c1-10-5-7-12(8-6-10)27-18(19(25)26)22-11(2)14(15(23)16(20)24)13-4-3-9-21-17(13)22/h3-9,18H,1H2,2H3,(H2,20,24)(H,25,26). The van der Waals surface area contributed by atoms with Gasteiger partial charge >= 0.3 is 5.97 Å². The molecule has 0 aliphatic carbocycles. The van der Waals surface area contributed by atoms with Crippen LogP contribution in [0, 0.1) is 13.8 Å². The molecular formula is C19H16N3O5. The Kier molecular flexibility index (Phi) is 4.64. The Morgan fingerprint density at radius 1 is 1.22 bits per heavy atom. The lowest BCUT2D eigenvalue weighted by atomic mass is 10.1. The molecule has 1 unspecified atom stereocenters. The first kappa shape index (κ1) is 18.1. The van der Waals surface area contributed by atoms with E-state index < -0.39 is 23.9 Å². The lowest BCUT2D eigenvalue weighted by Crippen LogP contribution is -2.27. The molecular weight excluding hydrogens is 350 g/mol. The highest BCUT2D eigenvalue weighted by Crippen LogP contribution is 2.30. The van der Waals surface area contributed by atoms with Crippen LogP contribution in [-0.4, -0.2) is 32.3 Å². The van der Waals surface area contributed by atoms with Crippen LogP contribution in [-0.2, 0) is 9.59 Å². The second-order valence-electron chi connectivity index (χ2n) is 5.85. The van der Waals surface area contributed by atoms with Crippen LogP contribution < -0.4 is 10.5 Å². The van der Waals surface area contributed by atoms with Gasteiger partial charge in [-0.2, -0.15) is 0 Å². The zero-order valence-corrected chi connectivity index (χ0v) is 14.4. The monoisotopic (exact) mass is 366 g/mol. The molecule has 1 aromatic carbocycles. The number of carbonyl (C=O) groups is 3. The fourth-order valence-electron chi connectivity index (χ4n) is 2.87. The maximum Gasteiger partial charge on any atom is 0.367 e. The number of nitrogens with two attached hydrogens (primary N) is 1. The van der Waals surface area contributed by atoms with E-state index in [0.717, 1.165) is 5.56 Å². The molecule has 1 amide bonds. The van der Waals surface area contributed by atoms with Crippen molar-refractivity contribution in [1.29, 1.82) is 0 Å². The summed E-state index contributed by atoms with van der Waals surface area (Å²) in [5.41, 5.74) is 6.30. The molecule has 1 radical (unpaired) electrons. The minimum atomic E-state index is -1.51. The smallest absolute Gasteiger partial charge is 0.367 e. The van der Waals surface area contributed by atoms with E-state index >= 15 is 0 Å². The molecule has 0 saturated heterocycles. The second kappa shape index (κ2) is 6.91. The fourth-order valence-corrected chi connectivity index (χ4v) is 2.87. The van der Waals surface area contributed by atoms with E-state index in [4.69, 9.17) is 10.5 Å². The predicted molar refractivity (Wildman–Crippen MR) is 96.2 cm³/mol. The van der Waals surface area contributed by atoms with Crippen LogP contribution in [0.4, 0.5) is 0 Å². The topological polar surface area (TPSA) is 125 Å². The van der Waals surface area contributed by atoms with E-state index in [1.807, 2.05) is 0 Å². The van der Waals surface area contributed by atoms with Gasteiger partial charge in [-0.25, -0.2) is 9.78 Å². The number of hydrogen-bond acceptors (Lipinski definition) is 5. The lowest BCUT2D eigenvalue weighted by molar-refractivity contribution is -0.149. The average molecular weight is 366 g/mol. The Balaban J connectivity index is 2.19. The Bertz CT molecular complexity index is 1050. The third-order valence-electron chi connectivity index (χ3n) is 4.08. The normalized spacial score (nSPS) is 11.9. The highest BCUT2D eigenvalue weighted by molar-refractivity contribution is 6.44. The molecule has 0 aliphatic heterocycles. The summed E-state index contributed by atoms with van der Waals surface area (Å²) in [4.78, 5) is 39.8. The van der Waals surface area contributed by atoms with Gasteiger partial charge in [0.05, 0.1) is 5.56 Å². The third kappa shape index (κ3) is 3.24. The molecule has 1 atom stereocenters. The summed E-state index contributed by atoms with van der Waals surface area (Å²) >= 11 is 0. The van der Waals surface area contributed by atoms with E-state index in [-0.39, 0.29) is 16.9 Å². The SMILES string of the molecule is [CH2]c1ccc(OC(C(=O)O)n2c(C)c(C(=O)C(N)=O)c3cccnc32)cc1. The number of carbonyl (C=O) groups excluding carboxylic acids is 2. The summed E-state index contributed by atoms with van der Waals surface area (Å²) in [6, 6.07) is 9.67. The van der Waals surface area contributed by atoms with E-state index in [0.29, 0.717) is 11.1 Å². The van der Waals surface area contributed by atoms with Crippen molar-refractivity contribution in [3.63, 3.8) is 0 Å². The number of aromatic nitrogens is 2. The molecule has 3 aromatic rings. The van der Waals surface area contributed by atoms with Crippen molar-refractivity contribution in [2.45, 2.75) is 13.2 Å². The molecule has 0 aliphatic rings. The van der Waals surface area contributed by atoms with Crippen LogP contribution in [0.15, 0.2) is 42.6 Å². The zero-order chi connectivity index (χ0) is 19.7. The molecule has 0 spiro atoms. The van der Waals surface area contributed by atoms with Gasteiger partial charge in [-0.05, 0) is 43.7 Å². The van der Waals surface area contributed by atoms with Gasteiger partial charge in [0.1, 0.15) is 11.4 Å². The molecule has 0 bridgehead atoms. The molecule has 3 rings (SSSR count). The van der Waals surface area contributed by atoms with Gasteiger partial charge in [-0.15, -0.1) is 0 Å². The van der Waals surface area contributed by atoms with Crippen molar-refractivity contribution in [2.75, 3.05) is 0 Å². The molecule has 8 nitrogen and oxygen atoms in total. The second-order valence-corrected chi connectivity index (χ2v) is 5.85. The minimum Gasteiger partial charge on any atom is -0.477 e. The lowest BCUT2D eigenvalue weighted by Gasteiger charge is -2.19. The summed E-state index contributed by atoms with van der Waals surface area (Å²) in [7, 11) is 0. The van der Waals surface area contributed by atoms with Crippen LogP contribution in [0.2, 0.25) is 0 Å². The number of hydrogen-bond donors (Lipinski definition) is 2. The van der Waals surface area contributed by atoms with Crippen molar-refractivity contribution >= 4 is 28.7 Å². The molecule has 2 aromatic heterocycles. The number of ketones is 1. The maximum atomic E-state index is 12.3. The number of nitrogens with zero attached hydrogens (tertiary/aromatic N) is 2. The van der Waals surface area contributed by atoms with Crippen molar-refractivity contribution in [3.8, 4) is 5.75 Å². The third-order valence-corrected chi connectivity index (χ3v) is 4.08. The van der Waals surface area contributed by atoms with Crippen molar-refractivity contribution in [2.24, 2.45) is 5.73 Å². The summed E-state index contributed by atoms with van der Waals surface area (Å²) in [6.07, 6.45) is -0.0553. The van der Waals surface area contributed by atoms with Crippen LogP contribution in [0.25, 0.3) is 11.0 Å². The van der Waals surface area contributed by atoms with E-state index in [1.165, 1.54) is 17.7 Å². The molecule has 3 N–H and O–H groups in total. The molecule has 8 heteroatoms. The number of pyridine rings is 1. The number of aliphatic carboxylic acids is 1. The zero-order valence-electron chi connectivity index (χ0n) is 14.4. The van der Waals surface area contributed by atoms with Crippen LogP contribution >= 0.6 is 0 Å². The van der Waals surface area contributed by atoms with Gasteiger partial charge in [0.25, 0.3) is 17.9 Å². The number of carboxylic acid groups (broad SMARTS) is 1. The fraction of sp³-hybridized carbons (Fsp3) is 0.105. The number of Topliss-reactive ketones (excluding diaryl/α,β-unsaturated/α-hetero) is 1. The summed E-state index contributed by atoms with van der Waals surface area (Å²) < 4.78 is 6.88. The quantitative estimate of drug-likeness (QED) is 0.507. The summed E-state index contributed by atoms with van der Waals surface area (Å²) in [6.45, 7) is 5.27. The molecule has 0 saturated carbocycles.